The largest absolute Gasteiger partial charge is 0.467 e. The van der Waals surface area contributed by atoms with Gasteiger partial charge in [-0.2, -0.15) is 0 Å². The Kier molecular flexibility index (Phi) is 6.56. The van der Waals surface area contributed by atoms with Gasteiger partial charge in [0.1, 0.15) is 6.04 Å². The molecule has 1 saturated heterocycles. The van der Waals surface area contributed by atoms with Crippen LogP contribution >= 0.6 is 0 Å². The van der Waals surface area contributed by atoms with Crippen molar-refractivity contribution in [1.29, 1.82) is 0 Å². The Bertz CT molecular complexity index is 615. The summed E-state index contributed by atoms with van der Waals surface area (Å²) in [6, 6.07) is 9.01. The number of amides is 2. The monoisotopic (exact) mass is 346 g/mol. The Morgan fingerprint density at radius 3 is 2.56 bits per heavy atom. The van der Waals surface area contributed by atoms with Gasteiger partial charge in [-0.1, -0.05) is 44.2 Å². The molecule has 0 bridgehead atoms. The first kappa shape index (κ1) is 19.0. The normalized spacial score (nSPS) is 18.3. The molecule has 0 radical (unpaired) electrons. The molecule has 0 aromatic heterocycles. The number of hydrogen-bond donors (Lipinski definition) is 1. The molecule has 2 unspecified atom stereocenters. The summed E-state index contributed by atoms with van der Waals surface area (Å²) >= 11 is 0. The fourth-order valence-corrected chi connectivity index (χ4v) is 3.02. The van der Waals surface area contributed by atoms with Crippen LogP contribution in [-0.4, -0.2) is 42.4 Å². The van der Waals surface area contributed by atoms with Crippen LogP contribution in [0, 0.1) is 11.8 Å². The fourth-order valence-electron chi connectivity index (χ4n) is 3.02. The van der Waals surface area contributed by atoms with Gasteiger partial charge >= 0.3 is 5.97 Å². The Morgan fingerprint density at radius 1 is 1.28 bits per heavy atom. The van der Waals surface area contributed by atoms with Crippen molar-refractivity contribution in [3.63, 3.8) is 0 Å². The smallest absolute Gasteiger partial charge is 0.328 e. The second-order valence-electron chi connectivity index (χ2n) is 6.87. The second-order valence-corrected chi connectivity index (χ2v) is 6.87. The summed E-state index contributed by atoms with van der Waals surface area (Å²) in [5, 5.41) is 2.75. The van der Waals surface area contributed by atoms with Crippen LogP contribution in [0.4, 0.5) is 0 Å². The third-order valence-electron chi connectivity index (χ3n) is 4.31. The summed E-state index contributed by atoms with van der Waals surface area (Å²) in [5.74, 6) is -0.949. The van der Waals surface area contributed by atoms with E-state index in [0.29, 0.717) is 19.5 Å². The number of carbonyl (C=O) groups excluding carboxylic acids is 3. The Morgan fingerprint density at radius 2 is 1.96 bits per heavy atom. The van der Waals surface area contributed by atoms with Crippen molar-refractivity contribution in [3.8, 4) is 0 Å². The van der Waals surface area contributed by atoms with Gasteiger partial charge in [0.2, 0.25) is 11.8 Å². The SMILES string of the molecule is COC(=O)C(CC(C)C)NC(=O)C1CC(=O)N(Cc2ccccc2)C1. The first-order valence-corrected chi connectivity index (χ1v) is 8.60. The zero-order valence-electron chi connectivity index (χ0n) is 15.0. The van der Waals surface area contributed by atoms with E-state index in [2.05, 4.69) is 5.32 Å². The number of benzene rings is 1. The number of carbonyl (C=O) groups is 3. The summed E-state index contributed by atoms with van der Waals surface area (Å²) in [6.07, 6.45) is 0.682. The Hall–Kier alpha value is -2.37. The summed E-state index contributed by atoms with van der Waals surface area (Å²) in [7, 11) is 1.31. The maximum atomic E-state index is 12.5. The number of methoxy groups -OCH3 is 1. The first-order valence-electron chi connectivity index (χ1n) is 8.60. The van der Waals surface area contributed by atoms with E-state index in [1.54, 1.807) is 4.90 Å². The lowest BCUT2D eigenvalue weighted by molar-refractivity contribution is -0.146. The van der Waals surface area contributed by atoms with Crippen molar-refractivity contribution >= 4 is 17.8 Å². The van der Waals surface area contributed by atoms with Gasteiger partial charge in [0, 0.05) is 19.5 Å². The molecular weight excluding hydrogens is 320 g/mol. The van der Waals surface area contributed by atoms with E-state index in [1.165, 1.54) is 7.11 Å². The number of hydrogen-bond acceptors (Lipinski definition) is 4. The maximum absolute atomic E-state index is 12.5. The standard InChI is InChI=1S/C19H26N2O4/c1-13(2)9-16(19(24)25-3)20-18(23)15-10-17(22)21(12-15)11-14-7-5-4-6-8-14/h4-8,13,15-16H,9-12H2,1-3H3,(H,20,23). The van der Waals surface area contributed by atoms with Crippen LogP contribution in [0.15, 0.2) is 30.3 Å². The van der Waals surface area contributed by atoms with E-state index in [9.17, 15) is 14.4 Å². The lowest BCUT2D eigenvalue weighted by atomic mass is 10.0. The van der Waals surface area contributed by atoms with Crippen molar-refractivity contribution in [3.05, 3.63) is 35.9 Å². The lowest BCUT2D eigenvalue weighted by Crippen LogP contribution is -2.45. The molecule has 136 valence electrons. The lowest BCUT2D eigenvalue weighted by Gasteiger charge is -2.20. The number of esters is 1. The zero-order valence-corrected chi connectivity index (χ0v) is 15.0. The number of nitrogens with one attached hydrogen (secondary N) is 1. The maximum Gasteiger partial charge on any atom is 0.328 e. The molecule has 1 N–H and O–H groups in total. The van der Waals surface area contributed by atoms with E-state index >= 15 is 0 Å². The third kappa shape index (κ3) is 5.31. The van der Waals surface area contributed by atoms with Crippen LogP contribution in [0.3, 0.4) is 0 Å². The number of rotatable bonds is 7. The average molecular weight is 346 g/mol. The van der Waals surface area contributed by atoms with Crippen LogP contribution in [0.2, 0.25) is 0 Å². The predicted molar refractivity (Wildman–Crippen MR) is 93.4 cm³/mol. The summed E-state index contributed by atoms with van der Waals surface area (Å²) in [5.41, 5.74) is 1.03. The summed E-state index contributed by atoms with van der Waals surface area (Å²) in [6.45, 7) is 4.82. The molecule has 2 amide bonds. The molecule has 6 nitrogen and oxygen atoms in total. The second kappa shape index (κ2) is 8.65. The Labute approximate surface area is 148 Å². The van der Waals surface area contributed by atoms with Gasteiger partial charge in [0.15, 0.2) is 0 Å². The quantitative estimate of drug-likeness (QED) is 0.763. The number of likely N-dealkylation sites (tertiary alicyclic amines) is 1. The molecule has 6 heteroatoms. The fraction of sp³-hybridized carbons (Fsp3) is 0.526. The highest BCUT2D eigenvalue weighted by Crippen LogP contribution is 2.21. The molecule has 2 atom stereocenters. The third-order valence-corrected chi connectivity index (χ3v) is 4.31. The minimum atomic E-state index is -0.671. The van der Waals surface area contributed by atoms with E-state index in [1.807, 2.05) is 44.2 Å². The molecule has 0 aliphatic carbocycles. The van der Waals surface area contributed by atoms with Crippen molar-refractivity contribution in [2.24, 2.45) is 11.8 Å². The van der Waals surface area contributed by atoms with Gasteiger partial charge in [-0.05, 0) is 17.9 Å². The van der Waals surface area contributed by atoms with Crippen LogP contribution in [0.25, 0.3) is 0 Å². The van der Waals surface area contributed by atoms with Crippen LogP contribution in [0.1, 0.15) is 32.3 Å². The van der Waals surface area contributed by atoms with E-state index in [4.69, 9.17) is 4.74 Å². The van der Waals surface area contributed by atoms with E-state index < -0.39 is 17.9 Å². The Balaban J connectivity index is 1.95. The van der Waals surface area contributed by atoms with Crippen molar-refractivity contribution in [2.75, 3.05) is 13.7 Å². The summed E-state index contributed by atoms with van der Waals surface area (Å²) < 4.78 is 4.77. The first-order chi connectivity index (χ1) is 11.9. The van der Waals surface area contributed by atoms with Gasteiger partial charge < -0.3 is 15.0 Å². The molecule has 0 saturated carbocycles. The van der Waals surface area contributed by atoms with Gasteiger partial charge in [-0.15, -0.1) is 0 Å². The van der Waals surface area contributed by atoms with Crippen molar-refractivity contribution in [2.45, 2.75) is 39.3 Å². The topological polar surface area (TPSA) is 75.7 Å². The highest BCUT2D eigenvalue weighted by atomic mass is 16.5. The van der Waals surface area contributed by atoms with Crippen molar-refractivity contribution in [1.82, 2.24) is 10.2 Å². The van der Waals surface area contributed by atoms with Gasteiger partial charge in [-0.25, -0.2) is 4.79 Å². The van der Waals surface area contributed by atoms with Gasteiger partial charge in [-0.3, -0.25) is 9.59 Å². The molecule has 1 fully saturated rings. The van der Waals surface area contributed by atoms with Crippen LogP contribution < -0.4 is 5.32 Å². The molecule has 1 aliphatic rings. The molecule has 1 aromatic carbocycles. The van der Waals surface area contributed by atoms with Gasteiger partial charge in [0.05, 0.1) is 13.0 Å². The van der Waals surface area contributed by atoms with Crippen LogP contribution in [-0.2, 0) is 25.7 Å². The highest BCUT2D eigenvalue weighted by molar-refractivity contribution is 5.91. The summed E-state index contributed by atoms with van der Waals surface area (Å²) in [4.78, 5) is 38.2. The minimum absolute atomic E-state index is 0.0394. The minimum Gasteiger partial charge on any atom is -0.467 e. The van der Waals surface area contributed by atoms with E-state index in [-0.39, 0.29) is 24.2 Å². The van der Waals surface area contributed by atoms with Crippen LogP contribution in [0.5, 0.6) is 0 Å². The highest BCUT2D eigenvalue weighted by Gasteiger charge is 2.36. The molecule has 2 rings (SSSR count). The molecular formula is C19H26N2O4. The average Bonchev–Trinajstić information content (AvgIpc) is 2.95. The molecule has 1 heterocycles. The van der Waals surface area contributed by atoms with E-state index in [0.717, 1.165) is 5.56 Å². The molecule has 1 aliphatic heterocycles. The molecule has 25 heavy (non-hydrogen) atoms. The van der Waals surface area contributed by atoms with Gasteiger partial charge in [0.25, 0.3) is 0 Å². The van der Waals surface area contributed by atoms with Crippen molar-refractivity contribution < 1.29 is 19.1 Å². The number of nitrogens with zero attached hydrogens (tertiary/aromatic N) is 1. The zero-order chi connectivity index (χ0) is 18.4. The predicted octanol–water partition coefficient (Wildman–Crippen LogP) is 1.74. The molecule has 1 aromatic rings. The molecule has 0 spiro atoms. The number of ether oxygens (including phenoxy) is 1.